The summed E-state index contributed by atoms with van der Waals surface area (Å²) in [5, 5.41) is 8.56. The number of hydrogen-bond donors (Lipinski definition) is 1. The zero-order chi connectivity index (χ0) is 19.1. The summed E-state index contributed by atoms with van der Waals surface area (Å²) in [6.07, 6.45) is 4.88. The van der Waals surface area contributed by atoms with Crippen molar-refractivity contribution in [2.24, 2.45) is 10.9 Å². The lowest BCUT2D eigenvalue weighted by Gasteiger charge is -2.25. The topological polar surface area (TPSA) is 54.7 Å². The fourth-order valence-corrected chi connectivity index (χ4v) is 3.46. The largest absolute Gasteiger partial charge is 0.381 e. The second kappa shape index (κ2) is 9.76. The number of benzene rings is 1. The van der Waals surface area contributed by atoms with Crippen LogP contribution in [0.15, 0.2) is 47.7 Å². The molecule has 6 nitrogen and oxygen atoms in total. The standard InChI is InChI=1S/C20H28ClN5O/c1-3-22-20(25(2)14-16-9-12-27-15-16)23-13-19(26-11-4-10-24-26)17-5-7-18(21)8-6-17/h4-8,10-11,16,19H,3,9,12-15H2,1-2H3,(H,22,23). The van der Waals surface area contributed by atoms with Crippen LogP contribution in [0.5, 0.6) is 0 Å². The second-order valence-corrected chi connectivity index (χ2v) is 7.29. The average Bonchev–Trinajstić information content (AvgIpc) is 3.36. The quantitative estimate of drug-likeness (QED) is 0.584. The van der Waals surface area contributed by atoms with Gasteiger partial charge in [0.2, 0.25) is 0 Å². The van der Waals surface area contributed by atoms with Crippen molar-refractivity contribution in [3.8, 4) is 0 Å². The lowest BCUT2D eigenvalue weighted by Crippen LogP contribution is -2.41. The van der Waals surface area contributed by atoms with Crippen molar-refractivity contribution < 1.29 is 4.74 Å². The molecule has 7 heteroatoms. The summed E-state index contributed by atoms with van der Waals surface area (Å²) in [6, 6.07) is 9.86. The number of aromatic nitrogens is 2. The molecule has 1 aromatic carbocycles. The number of halogens is 1. The van der Waals surface area contributed by atoms with E-state index < -0.39 is 0 Å². The normalized spacial score (nSPS) is 18.5. The van der Waals surface area contributed by atoms with Gasteiger partial charge in [0.25, 0.3) is 0 Å². The van der Waals surface area contributed by atoms with E-state index in [0.29, 0.717) is 12.5 Å². The molecule has 1 fully saturated rings. The van der Waals surface area contributed by atoms with Crippen LogP contribution in [0.1, 0.15) is 24.9 Å². The van der Waals surface area contributed by atoms with Gasteiger partial charge >= 0.3 is 0 Å². The Kier molecular flexibility index (Phi) is 7.12. The highest BCUT2D eigenvalue weighted by molar-refractivity contribution is 6.30. The molecule has 1 saturated heterocycles. The van der Waals surface area contributed by atoms with Gasteiger partial charge in [-0.2, -0.15) is 5.10 Å². The molecule has 1 aromatic heterocycles. The van der Waals surface area contributed by atoms with E-state index in [0.717, 1.165) is 49.3 Å². The van der Waals surface area contributed by atoms with E-state index in [-0.39, 0.29) is 6.04 Å². The van der Waals surface area contributed by atoms with Gasteiger partial charge in [-0.25, -0.2) is 0 Å². The molecule has 2 atom stereocenters. The maximum atomic E-state index is 6.06. The summed E-state index contributed by atoms with van der Waals surface area (Å²) in [5.41, 5.74) is 1.13. The van der Waals surface area contributed by atoms with Crippen molar-refractivity contribution in [3.05, 3.63) is 53.3 Å². The molecule has 0 spiro atoms. The van der Waals surface area contributed by atoms with Crippen LogP contribution in [0.3, 0.4) is 0 Å². The minimum Gasteiger partial charge on any atom is -0.381 e. The number of nitrogens with one attached hydrogen (secondary N) is 1. The van der Waals surface area contributed by atoms with E-state index in [9.17, 15) is 0 Å². The van der Waals surface area contributed by atoms with Crippen LogP contribution in [0.4, 0.5) is 0 Å². The van der Waals surface area contributed by atoms with Gasteiger partial charge in [0, 0.05) is 50.1 Å². The summed E-state index contributed by atoms with van der Waals surface area (Å²) < 4.78 is 7.45. The maximum absolute atomic E-state index is 6.06. The van der Waals surface area contributed by atoms with E-state index >= 15 is 0 Å². The van der Waals surface area contributed by atoms with Crippen LogP contribution in [0.2, 0.25) is 5.02 Å². The third-order valence-corrected chi connectivity index (χ3v) is 5.02. The van der Waals surface area contributed by atoms with Gasteiger partial charge in [0.15, 0.2) is 5.96 Å². The van der Waals surface area contributed by atoms with Crippen molar-refractivity contribution in [3.63, 3.8) is 0 Å². The number of nitrogens with zero attached hydrogens (tertiary/aromatic N) is 4. The Morgan fingerprint density at radius 1 is 1.44 bits per heavy atom. The number of aliphatic imine (C=N–C) groups is 1. The van der Waals surface area contributed by atoms with Gasteiger partial charge in [-0.1, -0.05) is 23.7 Å². The molecular weight excluding hydrogens is 362 g/mol. The number of guanidine groups is 1. The lowest BCUT2D eigenvalue weighted by atomic mass is 10.1. The van der Waals surface area contributed by atoms with Gasteiger partial charge in [0.05, 0.1) is 19.2 Å². The summed E-state index contributed by atoms with van der Waals surface area (Å²) in [7, 11) is 2.09. The van der Waals surface area contributed by atoms with Crippen LogP contribution in [0.25, 0.3) is 0 Å². The maximum Gasteiger partial charge on any atom is 0.193 e. The van der Waals surface area contributed by atoms with E-state index in [4.69, 9.17) is 21.3 Å². The first-order chi connectivity index (χ1) is 13.2. The van der Waals surface area contributed by atoms with Gasteiger partial charge < -0.3 is 15.0 Å². The van der Waals surface area contributed by atoms with Crippen molar-refractivity contribution >= 4 is 17.6 Å². The van der Waals surface area contributed by atoms with Gasteiger partial charge in [0.1, 0.15) is 0 Å². The molecule has 0 amide bonds. The molecule has 1 N–H and O–H groups in total. The summed E-state index contributed by atoms with van der Waals surface area (Å²) >= 11 is 6.06. The van der Waals surface area contributed by atoms with E-state index in [1.54, 1.807) is 6.20 Å². The number of rotatable bonds is 7. The monoisotopic (exact) mass is 389 g/mol. The molecule has 0 radical (unpaired) electrons. The highest BCUT2D eigenvalue weighted by Gasteiger charge is 2.20. The average molecular weight is 390 g/mol. The van der Waals surface area contributed by atoms with Crippen molar-refractivity contribution in [2.45, 2.75) is 19.4 Å². The molecular formula is C20H28ClN5O. The van der Waals surface area contributed by atoms with E-state index in [1.165, 1.54) is 0 Å². The molecule has 1 aliphatic heterocycles. The zero-order valence-electron chi connectivity index (χ0n) is 16.0. The molecule has 0 aliphatic carbocycles. The highest BCUT2D eigenvalue weighted by atomic mass is 35.5. The predicted octanol–water partition coefficient (Wildman–Crippen LogP) is 3.06. The zero-order valence-corrected chi connectivity index (χ0v) is 16.8. The first-order valence-electron chi connectivity index (χ1n) is 9.49. The predicted molar refractivity (Wildman–Crippen MR) is 109 cm³/mol. The van der Waals surface area contributed by atoms with Crippen LogP contribution < -0.4 is 5.32 Å². The van der Waals surface area contributed by atoms with Gasteiger partial charge in [-0.3, -0.25) is 9.67 Å². The molecule has 27 heavy (non-hydrogen) atoms. The summed E-state index contributed by atoms with van der Waals surface area (Å²) in [6.45, 7) is 6.16. The minimum atomic E-state index is 0.0223. The fraction of sp³-hybridized carbons (Fsp3) is 0.500. The number of ether oxygens (including phenoxy) is 1. The smallest absolute Gasteiger partial charge is 0.193 e. The Bertz CT molecular complexity index is 710. The molecule has 0 bridgehead atoms. The molecule has 2 aromatic rings. The summed E-state index contributed by atoms with van der Waals surface area (Å²) in [4.78, 5) is 7.11. The molecule has 1 aliphatic rings. The van der Waals surface area contributed by atoms with Crippen LogP contribution in [-0.2, 0) is 4.74 Å². The van der Waals surface area contributed by atoms with Crippen molar-refractivity contribution in [1.29, 1.82) is 0 Å². The summed E-state index contributed by atoms with van der Waals surface area (Å²) in [5.74, 6) is 1.48. The van der Waals surface area contributed by atoms with Crippen LogP contribution >= 0.6 is 11.6 Å². The minimum absolute atomic E-state index is 0.0223. The van der Waals surface area contributed by atoms with Gasteiger partial charge in [-0.05, 0) is 37.1 Å². The molecule has 0 saturated carbocycles. The van der Waals surface area contributed by atoms with Crippen LogP contribution in [0, 0.1) is 5.92 Å². The Balaban J connectivity index is 1.76. The van der Waals surface area contributed by atoms with Crippen molar-refractivity contribution in [1.82, 2.24) is 20.0 Å². The fourth-order valence-electron chi connectivity index (χ4n) is 3.34. The van der Waals surface area contributed by atoms with Crippen molar-refractivity contribution in [2.75, 3.05) is 39.9 Å². The third-order valence-electron chi connectivity index (χ3n) is 4.77. The van der Waals surface area contributed by atoms with Crippen LogP contribution in [-0.4, -0.2) is 60.5 Å². The Hall–Kier alpha value is -2.05. The molecule has 2 unspecified atom stereocenters. The Labute approximate surface area is 166 Å². The highest BCUT2D eigenvalue weighted by Crippen LogP contribution is 2.21. The third kappa shape index (κ3) is 5.47. The first kappa shape index (κ1) is 19.7. The Morgan fingerprint density at radius 2 is 2.26 bits per heavy atom. The lowest BCUT2D eigenvalue weighted by molar-refractivity contribution is 0.181. The molecule has 3 rings (SSSR count). The van der Waals surface area contributed by atoms with Gasteiger partial charge in [-0.15, -0.1) is 0 Å². The first-order valence-corrected chi connectivity index (χ1v) is 9.87. The number of hydrogen-bond acceptors (Lipinski definition) is 3. The van der Waals surface area contributed by atoms with E-state index in [2.05, 4.69) is 29.3 Å². The molecule has 146 valence electrons. The second-order valence-electron chi connectivity index (χ2n) is 6.86. The Morgan fingerprint density at radius 3 is 2.89 bits per heavy atom. The molecule has 2 heterocycles. The van der Waals surface area contributed by atoms with E-state index in [1.807, 2.05) is 41.2 Å². The SMILES string of the molecule is CCNC(=NCC(c1ccc(Cl)cc1)n1cccn1)N(C)CC1CCOC1.